The molecule has 0 unspecified atom stereocenters. The number of phenolic OH excluding ortho intramolecular Hbond substituents is 1. The predicted molar refractivity (Wildman–Crippen MR) is 89.8 cm³/mol. The Bertz CT molecular complexity index is 634. The molecule has 2 aromatic carbocycles. The van der Waals surface area contributed by atoms with Crippen molar-refractivity contribution in [1.82, 2.24) is 0 Å². The van der Waals surface area contributed by atoms with Crippen molar-refractivity contribution < 1.29 is 19.3 Å². The molecule has 0 aromatic heterocycles. The van der Waals surface area contributed by atoms with Gasteiger partial charge in [-0.05, 0) is 30.5 Å². The summed E-state index contributed by atoms with van der Waals surface area (Å²) in [4.78, 5) is 0. The Hall–Kier alpha value is -2.04. The fourth-order valence-electron chi connectivity index (χ4n) is 2.67. The van der Waals surface area contributed by atoms with Crippen molar-refractivity contribution in [3.05, 3.63) is 58.7 Å². The molecule has 0 heterocycles. The van der Waals surface area contributed by atoms with E-state index in [4.69, 9.17) is 14.2 Å². The van der Waals surface area contributed by atoms with Gasteiger partial charge in [-0.25, -0.2) is 0 Å². The predicted octanol–water partition coefficient (Wildman–Crippen LogP) is 4.13. The molecule has 23 heavy (non-hydrogen) atoms. The minimum absolute atomic E-state index is 0.197. The normalized spacial score (nSPS) is 11.0. The van der Waals surface area contributed by atoms with Gasteiger partial charge in [-0.2, -0.15) is 0 Å². The van der Waals surface area contributed by atoms with E-state index in [-0.39, 0.29) is 5.75 Å². The van der Waals surface area contributed by atoms with Crippen LogP contribution in [0.3, 0.4) is 0 Å². The molecule has 0 saturated heterocycles. The first-order valence-corrected chi connectivity index (χ1v) is 7.70. The lowest BCUT2D eigenvalue weighted by atomic mass is 9.99. The van der Waals surface area contributed by atoms with Crippen LogP contribution in [0.1, 0.15) is 35.5 Å². The third-order valence-electron chi connectivity index (χ3n) is 3.94. The Labute approximate surface area is 137 Å². The summed E-state index contributed by atoms with van der Waals surface area (Å²) in [5, 5.41) is 10.4. The molecule has 2 aromatic rings. The van der Waals surface area contributed by atoms with Crippen LogP contribution in [0.5, 0.6) is 11.5 Å². The van der Waals surface area contributed by atoms with Crippen LogP contribution in [-0.4, -0.2) is 19.3 Å². The number of methoxy groups -OCH3 is 2. The summed E-state index contributed by atoms with van der Waals surface area (Å²) in [6, 6.07) is 11.8. The number of rotatable bonds is 7. The summed E-state index contributed by atoms with van der Waals surface area (Å²) in [5.41, 5.74) is 3.46. The second-order valence-corrected chi connectivity index (χ2v) is 5.35. The monoisotopic (exact) mass is 316 g/mol. The lowest BCUT2D eigenvalue weighted by molar-refractivity contribution is -0.107. The number of aromatic hydroxyl groups is 1. The van der Waals surface area contributed by atoms with Crippen molar-refractivity contribution in [1.29, 1.82) is 0 Å². The molecule has 124 valence electrons. The minimum atomic E-state index is -0.626. The SMILES string of the molecule is CCc1c(OCc2ccccc2)cc(C(OC)OC)c(O)c1C. The maximum absolute atomic E-state index is 10.4. The highest BCUT2D eigenvalue weighted by atomic mass is 16.7. The van der Waals surface area contributed by atoms with Crippen LogP contribution < -0.4 is 4.74 Å². The van der Waals surface area contributed by atoms with Crippen LogP contribution in [0, 0.1) is 6.92 Å². The van der Waals surface area contributed by atoms with E-state index in [1.165, 1.54) is 0 Å². The van der Waals surface area contributed by atoms with Gasteiger partial charge in [0.25, 0.3) is 0 Å². The van der Waals surface area contributed by atoms with Crippen LogP contribution in [0.4, 0.5) is 0 Å². The van der Waals surface area contributed by atoms with Gasteiger partial charge in [0, 0.05) is 19.8 Å². The van der Waals surface area contributed by atoms with Gasteiger partial charge in [0.1, 0.15) is 18.1 Å². The molecular weight excluding hydrogens is 292 g/mol. The average Bonchev–Trinajstić information content (AvgIpc) is 2.59. The summed E-state index contributed by atoms with van der Waals surface area (Å²) in [5.74, 6) is 0.948. The topological polar surface area (TPSA) is 47.9 Å². The zero-order valence-electron chi connectivity index (χ0n) is 14.1. The number of benzene rings is 2. The van der Waals surface area contributed by atoms with Crippen molar-refractivity contribution >= 4 is 0 Å². The Morgan fingerprint density at radius 1 is 1.09 bits per heavy atom. The quantitative estimate of drug-likeness (QED) is 0.780. The van der Waals surface area contributed by atoms with Crippen LogP contribution in [0.25, 0.3) is 0 Å². The van der Waals surface area contributed by atoms with Crippen LogP contribution in [0.2, 0.25) is 0 Å². The molecular formula is C19H24O4. The van der Waals surface area contributed by atoms with E-state index in [9.17, 15) is 5.11 Å². The molecule has 0 saturated carbocycles. The van der Waals surface area contributed by atoms with Gasteiger partial charge in [-0.1, -0.05) is 37.3 Å². The van der Waals surface area contributed by atoms with Gasteiger partial charge in [-0.15, -0.1) is 0 Å². The van der Waals surface area contributed by atoms with E-state index in [1.807, 2.05) is 50.2 Å². The molecule has 1 N–H and O–H groups in total. The molecule has 0 radical (unpaired) electrons. The molecule has 4 nitrogen and oxygen atoms in total. The Balaban J connectivity index is 2.36. The third kappa shape index (κ3) is 3.84. The van der Waals surface area contributed by atoms with Gasteiger partial charge < -0.3 is 19.3 Å². The number of hydrogen-bond acceptors (Lipinski definition) is 4. The second-order valence-electron chi connectivity index (χ2n) is 5.35. The summed E-state index contributed by atoms with van der Waals surface area (Å²) < 4.78 is 16.6. The lowest BCUT2D eigenvalue weighted by Crippen LogP contribution is -2.08. The Kier molecular flexibility index (Phi) is 6.02. The Morgan fingerprint density at radius 3 is 2.30 bits per heavy atom. The highest BCUT2D eigenvalue weighted by molar-refractivity contribution is 5.53. The highest BCUT2D eigenvalue weighted by Gasteiger charge is 2.21. The van der Waals surface area contributed by atoms with E-state index < -0.39 is 6.29 Å². The molecule has 0 fully saturated rings. The lowest BCUT2D eigenvalue weighted by Gasteiger charge is -2.21. The maximum atomic E-state index is 10.4. The van der Waals surface area contributed by atoms with Gasteiger partial charge in [0.05, 0.1) is 5.56 Å². The number of ether oxygens (including phenoxy) is 3. The van der Waals surface area contributed by atoms with Crippen molar-refractivity contribution in [3.63, 3.8) is 0 Å². The molecule has 0 bridgehead atoms. The van der Waals surface area contributed by atoms with Crippen molar-refractivity contribution in [2.75, 3.05) is 14.2 Å². The van der Waals surface area contributed by atoms with E-state index in [0.29, 0.717) is 12.2 Å². The first kappa shape index (κ1) is 17.3. The van der Waals surface area contributed by atoms with Crippen molar-refractivity contribution in [2.45, 2.75) is 33.2 Å². The van der Waals surface area contributed by atoms with E-state index in [0.717, 1.165) is 28.9 Å². The van der Waals surface area contributed by atoms with Crippen molar-refractivity contribution in [2.24, 2.45) is 0 Å². The third-order valence-corrected chi connectivity index (χ3v) is 3.94. The van der Waals surface area contributed by atoms with E-state index in [2.05, 4.69) is 0 Å². The number of hydrogen-bond donors (Lipinski definition) is 1. The standard InChI is InChI=1S/C19H24O4/c1-5-15-13(2)18(20)16(19(21-3)22-4)11-17(15)23-12-14-9-7-6-8-10-14/h6-11,19-20H,5,12H2,1-4H3. The summed E-state index contributed by atoms with van der Waals surface area (Å²) in [6.07, 6.45) is 0.146. The van der Waals surface area contributed by atoms with Gasteiger partial charge in [-0.3, -0.25) is 0 Å². The highest BCUT2D eigenvalue weighted by Crippen LogP contribution is 2.38. The van der Waals surface area contributed by atoms with Gasteiger partial charge in [0.15, 0.2) is 6.29 Å². The molecule has 0 amide bonds. The van der Waals surface area contributed by atoms with Crippen LogP contribution >= 0.6 is 0 Å². The molecule has 2 rings (SSSR count). The fourth-order valence-corrected chi connectivity index (χ4v) is 2.67. The number of phenols is 1. The first-order valence-electron chi connectivity index (χ1n) is 7.70. The smallest absolute Gasteiger partial charge is 0.186 e. The molecule has 0 aliphatic heterocycles. The molecule has 0 aliphatic rings. The minimum Gasteiger partial charge on any atom is -0.507 e. The summed E-state index contributed by atoms with van der Waals surface area (Å²) in [6.45, 7) is 4.40. The first-order chi connectivity index (χ1) is 11.1. The molecule has 0 spiro atoms. The molecule has 0 atom stereocenters. The second kappa shape index (κ2) is 7.99. The fraction of sp³-hybridized carbons (Fsp3) is 0.368. The average molecular weight is 316 g/mol. The maximum Gasteiger partial charge on any atom is 0.186 e. The zero-order valence-corrected chi connectivity index (χ0v) is 14.1. The summed E-state index contributed by atoms with van der Waals surface area (Å²) >= 11 is 0. The van der Waals surface area contributed by atoms with Crippen LogP contribution in [-0.2, 0) is 22.5 Å². The van der Waals surface area contributed by atoms with Gasteiger partial charge in [0.2, 0.25) is 0 Å². The largest absolute Gasteiger partial charge is 0.507 e. The van der Waals surface area contributed by atoms with E-state index in [1.54, 1.807) is 14.2 Å². The van der Waals surface area contributed by atoms with Crippen molar-refractivity contribution in [3.8, 4) is 11.5 Å². The Morgan fingerprint density at radius 2 is 1.74 bits per heavy atom. The van der Waals surface area contributed by atoms with Gasteiger partial charge >= 0.3 is 0 Å². The molecule has 4 heteroatoms. The van der Waals surface area contributed by atoms with Crippen LogP contribution in [0.15, 0.2) is 36.4 Å². The van der Waals surface area contributed by atoms with E-state index >= 15 is 0 Å². The summed E-state index contributed by atoms with van der Waals surface area (Å²) in [7, 11) is 3.09. The zero-order chi connectivity index (χ0) is 16.8. The molecule has 0 aliphatic carbocycles.